The van der Waals surface area contributed by atoms with Crippen LogP contribution in [-0.4, -0.2) is 65.9 Å². The molecule has 150 valence electrons. The summed E-state index contributed by atoms with van der Waals surface area (Å²) in [5.41, 5.74) is -0.691. The minimum absolute atomic E-state index is 0.0133. The molecule has 0 spiro atoms. The van der Waals surface area contributed by atoms with Crippen LogP contribution in [0, 0.1) is 0 Å². The van der Waals surface area contributed by atoms with E-state index in [1.165, 1.54) is 17.3 Å². The third-order valence-electron chi connectivity index (χ3n) is 4.41. The summed E-state index contributed by atoms with van der Waals surface area (Å²) in [5.74, 6) is -0.252. The smallest absolute Gasteiger partial charge is 0.417 e. The Morgan fingerprint density at radius 3 is 2.86 bits per heavy atom. The van der Waals surface area contributed by atoms with Crippen LogP contribution >= 0.6 is 0 Å². The van der Waals surface area contributed by atoms with Crippen molar-refractivity contribution in [3.8, 4) is 0 Å². The molecule has 10 heteroatoms. The maximum atomic E-state index is 13.4. The van der Waals surface area contributed by atoms with Gasteiger partial charge in [0.1, 0.15) is 5.70 Å². The third-order valence-corrected chi connectivity index (χ3v) is 4.41. The highest BCUT2D eigenvalue weighted by Crippen LogP contribution is 2.34. The lowest BCUT2D eigenvalue weighted by atomic mass is 10.0. The van der Waals surface area contributed by atoms with Crippen LogP contribution in [0.2, 0.25) is 0 Å². The molecule has 0 radical (unpaired) electrons. The van der Waals surface area contributed by atoms with Gasteiger partial charge in [-0.2, -0.15) is 13.2 Å². The van der Waals surface area contributed by atoms with Crippen molar-refractivity contribution in [1.82, 2.24) is 14.8 Å². The highest BCUT2D eigenvalue weighted by Gasteiger charge is 2.37. The molecule has 0 aliphatic carbocycles. The van der Waals surface area contributed by atoms with Gasteiger partial charge in [-0.1, -0.05) is 0 Å². The molecule has 0 bridgehead atoms. The molecule has 1 amide bonds. The first-order valence-corrected chi connectivity index (χ1v) is 8.51. The van der Waals surface area contributed by atoms with Crippen molar-refractivity contribution in [2.24, 2.45) is 4.99 Å². The minimum atomic E-state index is -4.61. The minimum Gasteiger partial charge on any atom is -0.444 e. The molecule has 0 aromatic carbocycles. The van der Waals surface area contributed by atoms with Gasteiger partial charge >= 0.3 is 6.18 Å². The van der Waals surface area contributed by atoms with E-state index < -0.39 is 17.7 Å². The lowest BCUT2D eigenvalue weighted by Gasteiger charge is -2.36. The molecule has 1 saturated heterocycles. The van der Waals surface area contributed by atoms with Crippen LogP contribution in [0.3, 0.4) is 0 Å². The maximum Gasteiger partial charge on any atom is 0.417 e. The number of allylic oxidation sites excluding steroid dienone is 2. The lowest BCUT2D eigenvalue weighted by molar-refractivity contribution is -0.136. The first kappa shape index (κ1) is 19.9. The van der Waals surface area contributed by atoms with Gasteiger partial charge < -0.3 is 19.0 Å². The van der Waals surface area contributed by atoms with E-state index in [2.05, 4.69) is 16.7 Å². The van der Waals surface area contributed by atoms with Gasteiger partial charge in [-0.3, -0.25) is 9.79 Å². The second-order valence-electron chi connectivity index (χ2n) is 6.36. The molecule has 0 saturated carbocycles. The highest BCUT2D eigenvalue weighted by molar-refractivity contribution is 5.94. The van der Waals surface area contributed by atoms with Crippen LogP contribution in [-0.2, 0) is 9.53 Å². The number of carbonyl (C=O) groups excluding carboxylic acids is 1. The van der Waals surface area contributed by atoms with Crippen molar-refractivity contribution < 1.29 is 27.1 Å². The predicted octanol–water partition coefficient (Wildman–Crippen LogP) is 2.61. The Bertz CT molecular complexity index is 828. The van der Waals surface area contributed by atoms with Crippen LogP contribution in [0.25, 0.3) is 5.57 Å². The van der Waals surface area contributed by atoms with Crippen LogP contribution in [0.15, 0.2) is 51.7 Å². The Kier molecular flexibility index (Phi) is 5.68. The van der Waals surface area contributed by atoms with Crippen molar-refractivity contribution in [2.45, 2.75) is 19.1 Å². The van der Waals surface area contributed by atoms with E-state index in [1.54, 1.807) is 4.90 Å². The molecule has 3 rings (SSSR count). The van der Waals surface area contributed by atoms with Gasteiger partial charge in [0.2, 0.25) is 0 Å². The van der Waals surface area contributed by atoms with E-state index in [0.717, 1.165) is 18.7 Å². The number of carbonyl (C=O) groups is 1. The van der Waals surface area contributed by atoms with Crippen molar-refractivity contribution in [3.63, 3.8) is 0 Å². The summed E-state index contributed by atoms with van der Waals surface area (Å²) in [5, 5.41) is 0. The van der Waals surface area contributed by atoms with E-state index >= 15 is 0 Å². The number of hydrogen-bond acceptors (Lipinski definition) is 6. The summed E-state index contributed by atoms with van der Waals surface area (Å²) < 4.78 is 50.8. The normalized spacial score (nSPS) is 21.3. The summed E-state index contributed by atoms with van der Waals surface area (Å²) in [7, 11) is 0. The standard InChI is InChI=1S/C18H19F3N4O3/c1-12-10-27-4-3-25(12)17(26)15(6-22-2)24-8-13(16-7-23-11-28-16)5-14(9-24)18(19,20)21/h5-7,9,11-12H,2-4,8,10H2,1H3/b15-6-. The van der Waals surface area contributed by atoms with Gasteiger partial charge in [-0.05, 0) is 19.7 Å². The molecular weight excluding hydrogens is 377 g/mol. The van der Waals surface area contributed by atoms with Crippen LogP contribution < -0.4 is 0 Å². The topological polar surface area (TPSA) is 71.2 Å². The van der Waals surface area contributed by atoms with Gasteiger partial charge in [0, 0.05) is 18.3 Å². The number of halogens is 3. The molecule has 7 nitrogen and oxygen atoms in total. The number of oxazole rings is 1. The largest absolute Gasteiger partial charge is 0.444 e. The number of amides is 1. The summed E-state index contributed by atoms with van der Waals surface area (Å²) in [6.07, 6.45) is 0.890. The van der Waals surface area contributed by atoms with Gasteiger partial charge in [0.25, 0.3) is 5.91 Å². The fourth-order valence-electron chi connectivity index (χ4n) is 3.02. The quantitative estimate of drug-likeness (QED) is 0.578. The van der Waals surface area contributed by atoms with Crippen molar-refractivity contribution in [3.05, 3.63) is 48.1 Å². The lowest BCUT2D eigenvalue weighted by Crippen LogP contribution is -2.49. The number of nitrogens with zero attached hydrogens (tertiary/aromatic N) is 4. The van der Waals surface area contributed by atoms with Crippen molar-refractivity contribution >= 4 is 18.2 Å². The summed E-state index contributed by atoms with van der Waals surface area (Å²) in [4.78, 5) is 23.2. The molecule has 3 heterocycles. The summed E-state index contributed by atoms with van der Waals surface area (Å²) in [6.45, 7) is 6.19. The average molecular weight is 396 g/mol. The van der Waals surface area contributed by atoms with E-state index in [-0.39, 0.29) is 29.6 Å². The third kappa shape index (κ3) is 4.16. The Morgan fingerprint density at radius 2 is 2.25 bits per heavy atom. The number of hydrogen-bond donors (Lipinski definition) is 0. The molecular formula is C18H19F3N4O3. The molecule has 1 fully saturated rings. The SMILES string of the molecule is C=N/C=C(/C(=O)N1CCOCC1C)N1C=C(C(F)(F)F)C=C(c2cnco2)C1. The van der Waals surface area contributed by atoms with Crippen LogP contribution in [0.5, 0.6) is 0 Å². The Morgan fingerprint density at radius 1 is 1.46 bits per heavy atom. The van der Waals surface area contributed by atoms with Crippen molar-refractivity contribution in [2.75, 3.05) is 26.3 Å². The maximum absolute atomic E-state index is 13.4. The van der Waals surface area contributed by atoms with Gasteiger partial charge in [0.15, 0.2) is 12.2 Å². The first-order chi connectivity index (χ1) is 13.3. The number of morpholine rings is 1. The molecule has 1 atom stereocenters. The van der Waals surface area contributed by atoms with E-state index in [9.17, 15) is 18.0 Å². The number of aliphatic imine (C=N–C) groups is 1. The fourth-order valence-corrected chi connectivity index (χ4v) is 3.02. The van der Waals surface area contributed by atoms with Crippen molar-refractivity contribution in [1.29, 1.82) is 0 Å². The Balaban J connectivity index is 1.97. The molecule has 28 heavy (non-hydrogen) atoms. The number of rotatable bonds is 4. The van der Waals surface area contributed by atoms with Crippen LogP contribution in [0.4, 0.5) is 13.2 Å². The van der Waals surface area contributed by atoms with E-state index in [1.807, 2.05) is 6.92 Å². The Hall–Kier alpha value is -2.88. The average Bonchev–Trinajstić information content (AvgIpc) is 3.20. The first-order valence-electron chi connectivity index (χ1n) is 8.51. The molecule has 1 unspecified atom stereocenters. The molecule has 1 aromatic rings. The monoisotopic (exact) mass is 396 g/mol. The van der Waals surface area contributed by atoms with Gasteiger partial charge in [0.05, 0.1) is 43.8 Å². The van der Waals surface area contributed by atoms with Gasteiger partial charge in [-0.25, -0.2) is 4.98 Å². The van der Waals surface area contributed by atoms with Crippen LogP contribution in [0.1, 0.15) is 12.7 Å². The number of aromatic nitrogens is 1. The zero-order valence-corrected chi connectivity index (χ0v) is 15.1. The molecule has 0 N–H and O–H groups in total. The second-order valence-corrected chi connectivity index (χ2v) is 6.36. The fraction of sp³-hybridized carbons (Fsp3) is 0.389. The summed E-state index contributed by atoms with van der Waals surface area (Å²) in [6, 6.07) is -0.213. The molecule has 2 aliphatic rings. The second kappa shape index (κ2) is 8.01. The predicted molar refractivity (Wildman–Crippen MR) is 95.0 cm³/mol. The number of ether oxygens (including phenoxy) is 1. The van der Waals surface area contributed by atoms with E-state index in [4.69, 9.17) is 9.15 Å². The zero-order valence-electron chi connectivity index (χ0n) is 15.1. The zero-order chi connectivity index (χ0) is 20.3. The Labute approximate surface area is 159 Å². The number of alkyl halides is 3. The highest BCUT2D eigenvalue weighted by atomic mass is 19.4. The molecule has 1 aromatic heterocycles. The van der Waals surface area contributed by atoms with E-state index in [0.29, 0.717) is 19.8 Å². The van der Waals surface area contributed by atoms with Gasteiger partial charge in [-0.15, -0.1) is 0 Å². The molecule has 2 aliphatic heterocycles. The summed E-state index contributed by atoms with van der Waals surface area (Å²) >= 11 is 0.